The van der Waals surface area contributed by atoms with E-state index in [1.54, 1.807) is 0 Å². The Kier molecular flexibility index (Phi) is 6.36. The SMILES string of the molecule is C[C@@H]([C@H](OC(=O)CCc1ccccc1)c1ccccc1)N(C)C. The molecule has 0 amide bonds. The summed E-state index contributed by atoms with van der Waals surface area (Å²) in [5, 5.41) is 0. The van der Waals surface area contributed by atoms with E-state index < -0.39 is 0 Å². The Morgan fingerprint density at radius 3 is 2.13 bits per heavy atom. The van der Waals surface area contributed by atoms with Crippen LogP contribution in [0.3, 0.4) is 0 Å². The lowest BCUT2D eigenvalue weighted by Gasteiger charge is -2.29. The van der Waals surface area contributed by atoms with Crippen molar-refractivity contribution < 1.29 is 9.53 Å². The third-order valence-electron chi connectivity index (χ3n) is 4.10. The molecule has 0 saturated heterocycles. The first-order valence-corrected chi connectivity index (χ1v) is 8.02. The van der Waals surface area contributed by atoms with Gasteiger partial charge < -0.3 is 9.64 Å². The van der Waals surface area contributed by atoms with Gasteiger partial charge in [0, 0.05) is 12.5 Å². The molecule has 0 heterocycles. The number of carbonyl (C=O) groups is 1. The van der Waals surface area contributed by atoms with E-state index in [0.29, 0.717) is 12.8 Å². The Bertz CT molecular complexity index is 596. The molecule has 0 aliphatic carbocycles. The minimum Gasteiger partial charge on any atom is -0.456 e. The number of esters is 1. The van der Waals surface area contributed by atoms with E-state index in [2.05, 4.69) is 11.8 Å². The predicted octanol–water partition coefficient (Wildman–Crippen LogP) is 3.85. The summed E-state index contributed by atoms with van der Waals surface area (Å²) >= 11 is 0. The number of ether oxygens (including phenoxy) is 1. The number of rotatable bonds is 7. The number of carbonyl (C=O) groups excluding carboxylic acids is 1. The molecule has 0 aliphatic heterocycles. The summed E-state index contributed by atoms with van der Waals surface area (Å²) in [6.45, 7) is 2.07. The van der Waals surface area contributed by atoms with Gasteiger partial charge in [-0.1, -0.05) is 60.7 Å². The Labute approximate surface area is 138 Å². The van der Waals surface area contributed by atoms with Crippen LogP contribution in [0.5, 0.6) is 0 Å². The minimum absolute atomic E-state index is 0.109. The van der Waals surface area contributed by atoms with E-state index in [1.807, 2.05) is 74.8 Å². The second-order valence-electron chi connectivity index (χ2n) is 6.01. The fourth-order valence-electron chi connectivity index (χ4n) is 2.45. The number of aryl methyl sites for hydroxylation is 1. The van der Waals surface area contributed by atoms with Crippen molar-refractivity contribution >= 4 is 5.97 Å². The molecule has 3 nitrogen and oxygen atoms in total. The molecule has 0 unspecified atom stereocenters. The van der Waals surface area contributed by atoms with Crippen molar-refractivity contribution in [3.05, 3.63) is 71.8 Å². The van der Waals surface area contributed by atoms with Crippen molar-refractivity contribution in [2.24, 2.45) is 0 Å². The van der Waals surface area contributed by atoms with Gasteiger partial charge in [-0.15, -0.1) is 0 Å². The fraction of sp³-hybridized carbons (Fsp3) is 0.350. The molecule has 2 atom stereocenters. The van der Waals surface area contributed by atoms with Crippen LogP contribution in [0.2, 0.25) is 0 Å². The standard InChI is InChI=1S/C20H25NO2/c1-16(21(2)3)20(18-12-8-5-9-13-18)23-19(22)15-14-17-10-6-4-7-11-17/h4-13,16,20H,14-15H2,1-3H3/t16-,20-/m0/s1. The van der Waals surface area contributed by atoms with Crippen molar-refractivity contribution in [3.63, 3.8) is 0 Å². The summed E-state index contributed by atoms with van der Waals surface area (Å²) in [5.41, 5.74) is 2.18. The molecular weight excluding hydrogens is 286 g/mol. The van der Waals surface area contributed by atoms with Crippen molar-refractivity contribution in [2.45, 2.75) is 31.9 Å². The summed E-state index contributed by atoms with van der Waals surface area (Å²) in [6.07, 6.45) is 0.847. The van der Waals surface area contributed by atoms with Crippen molar-refractivity contribution in [2.75, 3.05) is 14.1 Å². The predicted molar refractivity (Wildman–Crippen MR) is 93.2 cm³/mol. The molecule has 0 saturated carbocycles. The number of benzene rings is 2. The smallest absolute Gasteiger partial charge is 0.306 e. The van der Waals surface area contributed by atoms with Crippen molar-refractivity contribution in [1.29, 1.82) is 0 Å². The monoisotopic (exact) mass is 311 g/mol. The molecule has 0 aliphatic rings. The van der Waals surface area contributed by atoms with Crippen LogP contribution >= 0.6 is 0 Å². The third-order valence-corrected chi connectivity index (χ3v) is 4.10. The highest BCUT2D eigenvalue weighted by Gasteiger charge is 2.24. The van der Waals surface area contributed by atoms with E-state index in [4.69, 9.17) is 4.74 Å². The largest absolute Gasteiger partial charge is 0.456 e. The van der Waals surface area contributed by atoms with Gasteiger partial charge in [0.15, 0.2) is 0 Å². The van der Waals surface area contributed by atoms with Crippen LogP contribution in [0, 0.1) is 0 Å². The molecule has 23 heavy (non-hydrogen) atoms. The zero-order valence-corrected chi connectivity index (χ0v) is 14.1. The summed E-state index contributed by atoms with van der Waals surface area (Å²) in [4.78, 5) is 14.4. The Morgan fingerprint density at radius 1 is 1.00 bits per heavy atom. The highest BCUT2D eigenvalue weighted by atomic mass is 16.5. The van der Waals surface area contributed by atoms with Crippen LogP contribution < -0.4 is 0 Å². The molecule has 3 heteroatoms. The molecule has 2 aromatic carbocycles. The molecular formula is C20H25NO2. The maximum absolute atomic E-state index is 12.3. The highest BCUT2D eigenvalue weighted by molar-refractivity contribution is 5.70. The number of nitrogens with zero attached hydrogens (tertiary/aromatic N) is 1. The van der Waals surface area contributed by atoms with Crippen LogP contribution in [0.25, 0.3) is 0 Å². The van der Waals surface area contributed by atoms with Gasteiger partial charge in [0.25, 0.3) is 0 Å². The number of hydrogen-bond donors (Lipinski definition) is 0. The molecule has 122 valence electrons. The van der Waals surface area contributed by atoms with E-state index in [1.165, 1.54) is 0 Å². The summed E-state index contributed by atoms with van der Waals surface area (Å²) in [6, 6.07) is 20.1. The Balaban J connectivity index is 2.01. The zero-order chi connectivity index (χ0) is 16.7. The maximum Gasteiger partial charge on any atom is 0.306 e. The van der Waals surface area contributed by atoms with E-state index in [9.17, 15) is 4.79 Å². The normalized spacial score (nSPS) is 13.6. The topological polar surface area (TPSA) is 29.5 Å². The lowest BCUT2D eigenvalue weighted by atomic mass is 10.0. The third kappa shape index (κ3) is 5.22. The van der Waals surface area contributed by atoms with Gasteiger partial charge >= 0.3 is 5.97 Å². The lowest BCUT2D eigenvalue weighted by Crippen LogP contribution is -2.33. The number of hydrogen-bond acceptors (Lipinski definition) is 3. The summed E-state index contributed by atoms with van der Waals surface area (Å²) in [7, 11) is 4.00. The van der Waals surface area contributed by atoms with Crippen LogP contribution in [0.1, 0.15) is 30.6 Å². The second kappa shape index (κ2) is 8.49. The minimum atomic E-state index is -0.255. The van der Waals surface area contributed by atoms with Crippen molar-refractivity contribution in [1.82, 2.24) is 4.90 Å². The number of likely N-dealkylation sites (N-methyl/N-ethyl adjacent to an activating group) is 1. The van der Waals surface area contributed by atoms with Gasteiger partial charge in [-0.3, -0.25) is 4.79 Å². The molecule has 2 rings (SSSR count). The van der Waals surface area contributed by atoms with Crippen LogP contribution in [-0.2, 0) is 16.0 Å². The first kappa shape index (κ1) is 17.2. The first-order chi connectivity index (χ1) is 11.1. The fourth-order valence-corrected chi connectivity index (χ4v) is 2.45. The van der Waals surface area contributed by atoms with E-state index in [-0.39, 0.29) is 18.1 Å². The average Bonchev–Trinajstić information content (AvgIpc) is 2.59. The van der Waals surface area contributed by atoms with Gasteiger partial charge in [-0.05, 0) is 38.6 Å². The molecule has 0 aromatic heterocycles. The average molecular weight is 311 g/mol. The molecule has 2 aromatic rings. The van der Waals surface area contributed by atoms with E-state index in [0.717, 1.165) is 11.1 Å². The molecule has 0 radical (unpaired) electrons. The maximum atomic E-state index is 12.3. The first-order valence-electron chi connectivity index (χ1n) is 8.02. The zero-order valence-electron chi connectivity index (χ0n) is 14.1. The van der Waals surface area contributed by atoms with Gasteiger partial charge in [0.05, 0.1) is 0 Å². The highest BCUT2D eigenvalue weighted by Crippen LogP contribution is 2.24. The van der Waals surface area contributed by atoms with E-state index >= 15 is 0 Å². The molecule has 0 fully saturated rings. The summed E-state index contributed by atoms with van der Waals surface area (Å²) in [5.74, 6) is -0.156. The van der Waals surface area contributed by atoms with Crippen LogP contribution in [-0.4, -0.2) is 31.0 Å². The van der Waals surface area contributed by atoms with Crippen molar-refractivity contribution in [3.8, 4) is 0 Å². The second-order valence-corrected chi connectivity index (χ2v) is 6.01. The Hall–Kier alpha value is -2.13. The van der Waals surface area contributed by atoms with Crippen LogP contribution in [0.4, 0.5) is 0 Å². The quantitative estimate of drug-likeness (QED) is 0.727. The van der Waals surface area contributed by atoms with Gasteiger partial charge in [0.2, 0.25) is 0 Å². The van der Waals surface area contributed by atoms with Gasteiger partial charge in [0.1, 0.15) is 6.10 Å². The molecule has 0 N–H and O–H groups in total. The Morgan fingerprint density at radius 2 is 1.57 bits per heavy atom. The van der Waals surface area contributed by atoms with Gasteiger partial charge in [-0.25, -0.2) is 0 Å². The summed E-state index contributed by atoms with van der Waals surface area (Å²) < 4.78 is 5.80. The van der Waals surface area contributed by atoms with Crippen LogP contribution in [0.15, 0.2) is 60.7 Å². The molecule has 0 spiro atoms. The van der Waals surface area contributed by atoms with Gasteiger partial charge in [-0.2, -0.15) is 0 Å². The molecule has 0 bridgehead atoms. The lowest BCUT2D eigenvalue weighted by molar-refractivity contribution is -0.152.